The van der Waals surface area contributed by atoms with Gasteiger partial charge in [0.15, 0.2) is 0 Å². The van der Waals surface area contributed by atoms with E-state index in [0.29, 0.717) is 57.2 Å². The number of likely N-dealkylation sites (tertiary alicyclic amines) is 1. The van der Waals surface area contributed by atoms with Crippen LogP contribution in [0, 0.1) is 11.3 Å². The molecule has 2 atom stereocenters. The highest BCUT2D eigenvalue weighted by Crippen LogP contribution is 2.46. The Labute approximate surface area is 259 Å². The second kappa shape index (κ2) is 12.2. The number of piperazine rings is 1. The van der Waals surface area contributed by atoms with Crippen molar-refractivity contribution in [2.45, 2.75) is 70.0 Å². The molecule has 1 saturated carbocycles. The third-order valence-electron chi connectivity index (χ3n) is 9.87. The molecule has 0 amide bonds. The molecule has 1 aliphatic carbocycles. The lowest BCUT2D eigenvalue weighted by molar-refractivity contribution is 0.187. The number of ether oxygens (including phenoxy) is 1. The topological polar surface area (TPSA) is 71.8 Å². The average Bonchev–Trinajstić information content (AvgIpc) is 3.80. The number of rotatable bonds is 8. The number of hydrogen-bond donors (Lipinski definition) is 0. The molecule has 2 unspecified atom stereocenters. The summed E-state index contributed by atoms with van der Waals surface area (Å²) in [7, 11) is 2.15. The molecule has 0 bridgehead atoms. The molecule has 7 rings (SSSR count). The van der Waals surface area contributed by atoms with Gasteiger partial charge in [0.05, 0.1) is 30.8 Å². The van der Waals surface area contributed by atoms with E-state index >= 15 is 0 Å². The molecular formula is C35H42FN7O. The molecule has 2 saturated heterocycles. The van der Waals surface area contributed by atoms with E-state index in [4.69, 9.17) is 14.7 Å². The number of hydrogen-bond acceptors (Lipinski definition) is 8. The fourth-order valence-electron chi connectivity index (χ4n) is 7.38. The third kappa shape index (κ3) is 5.80. The summed E-state index contributed by atoms with van der Waals surface area (Å²) in [5.41, 5.74) is 4.92. The normalized spacial score (nSPS) is 22.8. The van der Waals surface area contributed by atoms with Crippen LogP contribution in [0.15, 0.2) is 48.4 Å². The SMILES string of the molecule is CC(F)=CN1CCN(c2nc(OCC3CCCN3C)nc3c2CCN(c2cccc4cccc(C5CC5)c24)C3)CC1CC#N. The second-order valence-electron chi connectivity index (χ2n) is 12.9. The van der Waals surface area contributed by atoms with Crippen LogP contribution in [0.1, 0.15) is 61.8 Å². The lowest BCUT2D eigenvalue weighted by Gasteiger charge is -2.42. The number of benzene rings is 2. The van der Waals surface area contributed by atoms with Gasteiger partial charge in [-0.2, -0.15) is 15.2 Å². The molecule has 4 heterocycles. The van der Waals surface area contributed by atoms with Crippen molar-refractivity contribution < 1.29 is 9.13 Å². The minimum absolute atomic E-state index is 0.113. The van der Waals surface area contributed by atoms with E-state index in [-0.39, 0.29) is 11.9 Å². The van der Waals surface area contributed by atoms with Gasteiger partial charge in [-0.25, -0.2) is 4.39 Å². The molecule has 9 heteroatoms. The van der Waals surface area contributed by atoms with Crippen molar-refractivity contribution in [1.29, 1.82) is 5.26 Å². The molecule has 0 spiro atoms. The van der Waals surface area contributed by atoms with Gasteiger partial charge in [-0.3, -0.25) is 0 Å². The summed E-state index contributed by atoms with van der Waals surface area (Å²) in [6.07, 6.45) is 7.52. The Balaban J connectivity index is 1.22. The molecule has 230 valence electrons. The first kappa shape index (κ1) is 28.8. The summed E-state index contributed by atoms with van der Waals surface area (Å²) in [4.78, 5) is 19.2. The standard InChI is InChI=1S/C35H42FN7O/c1-24(36)20-41-18-19-43(21-27(41)13-15-37)34-30-14-17-42(22-31(30)38-35(39-34)44-23-28-8-5-16-40(28)2)32-10-4-7-26-6-3-9-29(33(26)32)25-11-12-25/h3-4,6-7,9-10,20,25,27-28H,5,8,11-14,16-19,21-23H2,1-2H3. The number of likely N-dealkylation sites (N-methyl/N-ethyl adjacent to an activating group) is 1. The van der Waals surface area contributed by atoms with Crippen LogP contribution in [0.3, 0.4) is 0 Å². The van der Waals surface area contributed by atoms with Crippen LogP contribution < -0.4 is 14.5 Å². The Morgan fingerprint density at radius 1 is 1.05 bits per heavy atom. The van der Waals surface area contributed by atoms with Crippen LogP contribution in [-0.2, 0) is 13.0 Å². The third-order valence-corrected chi connectivity index (χ3v) is 9.87. The molecule has 3 aliphatic heterocycles. The van der Waals surface area contributed by atoms with Crippen molar-refractivity contribution in [2.75, 3.05) is 56.2 Å². The van der Waals surface area contributed by atoms with Crippen molar-refractivity contribution in [3.05, 3.63) is 65.2 Å². The summed E-state index contributed by atoms with van der Waals surface area (Å²) in [6.45, 7) is 6.59. The second-order valence-corrected chi connectivity index (χ2v) is 12.9. The molecule has 3 fully saturated rings. The maximum absolute atomic E-state index is 13.9. The largest absolute Gasteiger partial charge is 0.462 e. The highest BCUT2D eigenvalue weighted by atomic mass is 19.1. The van der Waals surface area contributed by atoms with E-state index in [9.17, 15) is 9.65 Å². The first-order valence-corrected chi connectivity index (χ1v) is 16.2. The summed E-state index contributed by atoms with van der Waals surface area (Å²) in [5, 5.41) is 12.2. The summed E-state index contributed by atoms with van der Waals surface area (Å²) < 4.78 is 20.2. The molecule has 2 aromatic carbocycles. The fraction of sp³-hybridized carbons (Fsp3) is 0.514. The van der Waals surface area contributed by atoms with Crippen molar-refractivity contribution >= 4 is 22.3 Å². The van der Waals surface area contributed by atoms with Crippen LogP contribution in [0.5, 0.6) is 6.01 Å². The number of anilines is 2. The van der Waals surface area contributed by atoms with Crippen molar-refractivity contribution in [1.82, 2.24) is 19.8 Å². The molecule has 8 nitrogen and oxygen atoms in total. The van der Waals surface area contributed by atoms with Gasteiger partial charge in [-0.1, -0.05) is 30.3 Å². The highest BCUT2D eigenvalue weighted by Gasteiger charge is 2.33. The van der Waals surface area contributed by atoms with E-state index in [0.717, 1.165) is 43.0 Å². The maximum Gasteiger partial charge on any atom is 0.318 e. The zero-order valence-corrected chi connectivity index (χ0v) is 25.9. The fourth-order valence-corrected chi connectivity index (χ4v) is 7.38. The molecule has 4 aliphatic rings. The molecule has 0 N–H and O–H groups in total. The van der Waals surface area contributed by atoms with Crippen molar-refractivity contribution in [2.24, 2.45) is 0 Å². The minimum atomic E-state index is -0.244. The Morgan fingerprint density at radius 3 is 2.64 bits per heavy atom. The van der Waals surface area contributed by atoms with E-state index in [1.807, 2.05) is 4.90 Å². The first-order chi connectivity index (χ1) is 21.5. The van der Waals surface area contributed by atoms with Crippen LogP contribution >= 0.6 is 0 Å². The Hall–Kier alpha value is -3.90. The Bertz CT molecular complexity index is 1590. The monoisotopic (exact) mass is 595 g/mol. The van der Waals surface area contributed by atoms with E-state index in [1.165, 1.54) is 48.2 Å². The predicted octanol–water partition coefficient (Wildman–Crippen LogP) is 5.78. The summed E-state index contributed by atoms with van der Waals surface area (Å²) in [6, 6.07) is 16.4. The lowest BCUT2D eigenvalue weighted by Crippen LogP contribution is -2.51. The number of aromatic nitrogens is 2. The van der Waals surface area contributed by atoms with Gasteiger partial charge in [0, 0.05) is 55.1 Å². The van der Waals surface area contributed by atoms with Gasteiger partial charge >= 0.3 is 6.01 Å². The van der Waals surface area contributed by atoms with E-state index in [2.05, 4.69) is 64.2 Å². The van der Waals surface area contributed by atoms with E-state index in [1.54, 1.807) is 6.20 Å². The van der Waals surface area contributed by atoms with E-state index < -0.39 is 0 Å². The van der Waals surface area contributed by atoms with Gasteiger partial charge in [-0.05, 0) is 75.6 Å². The van der Waals surface area contributed by atoms with Gasteiger partial charge in [0.2, 0.25) is 0 Å². The number of nitriles is 1. The van der Waals surface area contributed by atoms with Gasteiger partial charge < -0.3 is 24.3 Å². The molecule has 3 aromatic rings. The summed E-state index contributed by atoms with van der Waals surface area (Å²) >= 11 is 0. The van der Waals surface area contributed by atoms with Crippen molar-refractivity contribution in [3.63, 3.8) is 0 Å². The predicted molar refractivity (Wildman–Crippen MR) is 172 cm³/mol. The van der Waals surface area contributed by atoms with Gasteiger partial charge in [0.1, 0.15) is 18.3 Å². The zero-order chi connectivity index (χ0) is 30.2. The Morgan fingerprint density at radius 2 is 1.89 bits per heavy atom. The molecule has 0 radical (unpaired) electrons. The number of halogens is 1. The molecule has 44 heavy (non-hydrogen) atoms. The zero-order valence-electron chi connectivity index (χ0n) is 25.9. The highest BCUT2D eigenvalue weighted by molar-refractivity contribution is 5.97. The number of allylic oxidation sites excluding steroid dienone is 1. The van der Waals surface area contributed by atoms with Crippen molar-refractivity contribution in [3.8, 4) is 12.1 Å². The maximum atomic E-state index is 13.9. The quantitative estimate of drug-likeness (QED) is 0.325. The Kier molecular flexibility index (Phi) is 8.02. The average molecular weight is 596 g/mol. The van der Waals surface area contributed by atoms with Crippen LogP contribution in [0.4, 0.5) is 15.9 Å². The van der Waals surface area contributed by atoms with Gasteiger partial charge in [0.25, 0.3) is 0 Å². The molecular weight excluding hydrogens is 553 g/mol. The van der Waals surface area contributed by atoms with Gasteiger partial charge in [-0.15, -0.1) is 0 Å². The van der Waals surface area contributed by atoms with Crippen LogP contribution in [0.25, 0.3) is 10.8 Å². The number of nitrogens with zero attached hydrogens (tertiary/aromatic N) is 7. The smallest absolute Gasteiger partial charge is 0.318 e. The number of fused-ring (bicyclic) bond motifs is 2. The summed E-state index contributed by atoms with van der Waals surface area (Å²) in [5.74, 6) is 1.33. The lowest BCUT2D eigenvalue weighted by atomic mass is 9.97. The van der Waals surface area contributed by atoms with Crippen LogP contribution in [0.2, 0.25) is 0 Å². The minimum Gasteiger partial charge on any atom is -0.462 e. The molecule has 1 aromatic heterocycles. The first-order valence-electron chi connectivity index (χ1n) is 16.2. The van der Waals surface area contributed by atoms with Crippen LogP contribution in [-0.4, -0.2) is 78.2 Å².